The van der Waals surface area contributed by atoms with Gasteiger partial charge in [0.2, 0.25) is 0 Å². The Kier molecular flexibility index (Phi) is 6.40. The number of rotatable bonds is 8. The minimum absolute atomic E-state index is 0.578. The molecule has 0 heteroatoms. The first-order chi connectivity index (χ1) is 8.79. The zero-order chi connectivity index (χ0) is 14.6. The van der Waals surface area contributed by atoms with Crippen molar-refractivity contribution in [3.8, 4) is 0 Å². The van der Waals surface area contributed by atoms with Crippen molar-refractivity contribution in [3.05, 3.63) is 0 Å². The molecule has 1 saturated carbocycles. The molecule has 0 aromatic rings. The highest BCUT2D eigenvalue weighted by Crippen LogP contribution is 2.52. The van der Waals surface area contributed by atoms with Crippen LogP contribution in [0.5, 0.6) is 0 Å². The summed E-state index contributed by atoms with van der Waals surface area (Å²) in [6.45, 7) is 17.1. The predicted octanol–water partition coefficient (Wildman–Crippen LogP) is 6.55. The Bertz CT molecular complexity index is 251. The Morgan fingerprint density at radius 3 is 2.11 bits per heavy atom. The lowest BCUT2D eigenvalue weighted by atomic mass is 9.55. The molecule has 1 aliphatic carbocycles. The van der Waals surface area contributed by atoms with Gasteiger partial charge in [0, 0.05) is 0 Å². The molecule has 114 valence electrons. The maximum Gasteiger partial charge on any atom is -0.0323 e. The van der Waals surface area contributed by atoms with Crippen molar-refractivity contribution >= 4 is 0 Å². The van der Waals surface area contributed by atoms with E-state index in [-0.39, 0.29) is 0 Å². The van der Waals surface area contributed by atoms with Gasteiger partial charge in [-0.1, -0.05) is 61.3 Å². The number of unbranched alkanes of at least 4 members (excludes halogenated alkanes) is 1. The second-order valence-electron chi connectivity index (χ2n) is 8.37. The molecule has 4 atom stereocenters. The van der Waals surface area contributed by atoms with Crippen molar-refractivity contribution < 1.29 is 0 Å². The second-order valence-corrected chi connectivity index (χ2v) is 8.37. The Morgan fingerprint density at radius 1 is 1.05 bits per heavy atom. The van der Waals surface area contributed by atoms with Gasteiger partial charge in [0.05, 0.1) is 0 Å². The molecule has 0 spiro atoms. The van der Waals surface area contributed by atoms with Gasteiger partial charge in [0.1, 0.15) is 0 Å². The third-order valence-corrected chi connectivity index (χ3v) is 6.12. The standard InChI is InChI=1S/C19H38/c1-8-9-12-19(6,7)18-11-10-17(18)16(5)13-15(4)14(2)3/h14-18H,8-13H2,1-7H3. The highest BCUT2D eigenvalue weighted by atomic mass is 14.5. The zero-order valence-electron chi connectivity index (χ0n) is 14.6. The fourth-order valence-corrected chi connectivity index (χ4v) is 4.03. The Balaban J connectivity index is 2.50. The van der Waals surface area contributed by atoms with Crippen LogP contribution in [0.15, 0.2) is 0 Å². The second kappa shape index (κ2) is 7.14. The van der Waals surface area contributed by atoms with Gasteiger partial charge >= 0.3 is 0 Å². The van der Waals surface area contributed by atoms with E-state index in [9.17, 15) is 0 Å². The smallest absolute Gasteiger partial charge is 0.0323 e. The molecule has 0 heterocycles. The van der Waals surface area contributed by atoms with E-state index in [0.29, 0.717) is 5.41 Å². The summed E-state index contributed by atoms with van der Waals surface area (Å²) in [7, 11) is 0. The van der Waals surface area contributed by atoms with Gasteiger partial charge in [0.25, 0.3) is 0 Å². The van der Waals surface area contributed by atoms with E-state index < -0.39 is 0 Å². The largest absolute Gasteiger partial charge is 0.0654 e. The van der Waals surface area contributed by atoms with Crippen LogP contribution >= 0.6 is 0 Å². The molecule has 19 heavy (non-hydrogen) atoms. The molecule has 0 radical (unpaired) electrons. The van der Waals surface area contributed by atoms with Crippen LogP contribution in [0.4, 0.5) is 0 Å². The van der Waals surface area contributed by atoms with Crippen molar-refractivity contribution in [2.24, 2.45) is 35.0 Å². The Hall–Kier alpha value is 0. The minimum Gasteiger partial charge on any atom is -0.0654 e. The lowest BCUT2D eigenvalue weighted by molar-refractivity contribution is -0.00457. The van der Waals surface area contributed by atoms with E-state index in [4.69, 9.17) is 0 Å². The van der Waals surface area contributed by atoms with E-state index in [1.807, 2.05) is 0 Å². The van der Waals surface area contributed by atoms with Gasteiger partial charge in [-0.15, -0.1) is 0 Å². The van der Waals surface area contributed by atoms with E-state index in [2.05, 4.69) is 48.5 Å². The summed E-state index contributed by atoms with van der Waals surface area (Å²) in [6, 6.07) is 0. The molecule has 0 bridgehead atoms. The molecular weight excluding hydrogens is 228 g/mol. The SMILES string of the molecule is CCCCC(C)(C)C1CCC1C(C)CC(C)C(C)C. The van der Waals surface area contributed by atoms with Gasteiger partial charge in [-0.05, 0) is 60.7 Å². The maximum atomic E-state index is 2.53. The normalized spacial score (nSPS) is 27.2. The van der Waals surface area contributed by atoms with E-state index in [1.54, 1.807) is 0 Å². The first-order valence-corrected chi connectivity index (χ1v) is 8.79. The molecule has 0 aromatic heterocycles. The highest BCUT2D eigenvalue weighted by molar-refractivity contribution is 4.93. The summed E-state index contributed by atoms with van der Waals surface area (Å²) in [5.74, 6) is 4.66. The molecular formula is C19H38. The summed E-state index contributed by atoms with van der Waals surface area (Å²) in [5.41, 5.74) is 0.578. The van der Waals surface area contributed by atoms with Gasteiger partial charge in [-0.2, -0.15) is 0 Å². The van der Waals surface area contributed by atoms with E-state index >= 15 is 0 Å². The predicted molar refractivity (Wildman–Crippen MR) is 87.3 cm³/mol. The number of hydrogen-bond acceptors (Lipinski definition) is 0. The van der Waals surface area contributed by atoms with Crippen molar-refractivity contribution in [1.29, 1.82) is 0 Å². The van der Waals surface area contributed by atoms with Crippen LogP contribution in [0.25, 0.3) is 0 Å². The molecule has 1 fully saturated rings. The Morgan fingerprint density at radius 2 is 1.68 bits per heavy atom. The van der Waals surface area contributed by atoms with Crippen LogP contribution in [-0.2, 0) is 0 Å². The van der Waals surface area contributed by atoms with E-state index in [1.165, 1.54) is 38.5 Å². The van der Waals surface area contributed by atoms with Crippen molar-refractivity contribution in [1.82, 2.24) is 0 Å². The van der Waals surface area contributed by atoms with Crippen LogP contribution in [0.3, 0.4) is 0 Å². The molecule has 1 aliphatic rings. The molecule has 0 aromatic carbocycles. The molecule has 0 N–H and O–H groups in total. The van der Waals surface area contributed by atoms with Crippen molar-refractivity contribution in [2.75, 3.05) is 0 Å². The quantitative estimate of drug-likeness (QED) is 0.467. The van der Waals surface area contributed by atoms with Crippen molar-refractivity contribution in [2.45, 2.75) is 87.0 Å². The van der Waals surface area contributed by atoms with Crippen LogP contribution < -0.4 is 0 Å². The monoisotopic (exact) mass is 266 g/mol. The van der Waals surface area contributed by atoms with Crippen LogP contribution in [0.1, 0.15) is 87.0 Å². The van der Waals surface area contributed by atoms with Crippen molar-refractivity contribution in [3.63, 3.8) is 0 Å². The highest BCUT2D eigenvalue weighted by Gasteiger charge is 2.43. The first kappa shape index (κ1) is 17.1. The third kappa shape index (κ3) is 4.50. The lowest BCUT2D eigenvalue weighted by Gasteiger charge is -2.50. The molecule has 1 rings (SSSR count). The van der Waals surface area contributed by atoms with Gasteiger partial charge in [-0.25, -0.2) is 0 Å². The molecule has 0 aliphatic heterocycles. The molecule has 0 amide bonds. The van der Waals surface area contributed by atoms with Gasteiger partial charge < -0.3 is 0 Å². The summed E-state index contributed by atoms with van der Waals surface area (Å²) < 4.78 is 0. The maximum absolute atomic E-state index is 2.53. The van der Waals surface area contributed by atoms with Crippen LogP contribution in [0, 0.1) is 35.0 Å². The Labute approximate surface area is 122 Å². The summed E-state index contributed by atoms with van der Waals surface area (Å²) in [4.78, 5) is 0. The fraction of sp³-hybridized carbons (Fsp3) is 1.00. The zero-order valence-corrected chi connectivity index (χ0v) is 14.6. The van der Waals surface area contributed by atoms with Crippen LogP contribution in [0.2, 0.25) is 0 Å². The topological polar surface area (TPSA) is 0 Å². The lowest BCUT2D eigenvalue weighted by Crippen LogP contribution is -2.41. The van der Waals surface area contributed by atoms with Gasteiger partial charge in [-0.3, -0.25) is 0 Å². The van der Waals surface area contributed by atoms with Crippen LogP contribution in [-0.4, -0.2) is 0 Å². The summed E-state index contributed by atoms with van der Waals surface area (Å²) in [5, 5.41) is 0. The first-order valence-electron chi connectivity index (χ1n) is 8.79. The van der Waals surface area contributed by atoms with Gasteiger partial charge in [0.15, 0.2) is 0 Å². The average molecular weight is 267 g/mol. The minimum atomic E-state index is 0.578. The van der Waals surface area contributed by atoms with E-state index in [0.717, 1.165) is 29.6 Å². The third-order valence-electron chi connectivity index (χ3n) is 6.12. The molecule has 0 nitrogen and oxygen atoms in total. The average Bonchev–Trinajstić information content (AvgIpc) is 2.23. The summed E-state index contributed by atoms with van der Waals surface area (Å²) in [6.07, 6.45) is 8.60. The molecule has 4 unspecified atom stereocenters. The summed E-state index contributed by atoms with van der Waals surface area (Å²) >= 11 is 0. The fourth-order valence-electron chi connectivity index (χ4n) is 4.03. The number of hydrogen-bond donors (Lipinski definition) is 0. The molecule has 0 saturated heterocycles.